The average Bonchev–Trinajstić information content (AvgIpc) is 3.08. The Bertz CT molecular complexity index is 938. The van der Waals surface area contributed by atoms with E-state index >= 15 is 0 Å². The van der Waals surface area contributed by atoms with Crippen molar-refractivity contribution in [1.82, 2.24) is 20.1 Å². The Morgan fingerprint density at radius 3 is 2.61 bits per heavy atom. The third kappa shape index (κ3) is 5.10. The average molecular weight is 399 g/mol. The van der Waals surface area contributed by atoms with Gasteiger partial charge in [0.1, 0.15) is 11.6 Å². The van der Waals surface area contributed by atoms with E-state index in [1.54, 1.807) is 17.7 Å². The van der Waals surface area contributed by atoms with Gasteiger partial charge in [0, 0.05) is 6.54 Å². The number of unbranched alkanes of at least 4 members (excludes halogenated alkanes) is 1. The second kappa shape index (κ2) is 9.37. The van der Waals surface area contributed by atoms with Crippen molar-refractivity contribution in [3.05, 3.63) is 70.8 Å². The first kappa shape index (κ1) is 19.9. The SMILES string of the molecule is Cc1ccc(OCCCCNC(=O)c2nc(C)n(-c3ccccc3Cl)n2)cc1. The van der Waals surface area contributed by atoms with Crippen molar-refractivity contribution in [1.29, 1.82) is 0 Å². The lowest BCUT2D eigenvalue weighted by atomic mass is 10.2. The highest BCUT2D eigenvalue weighted by molar-refractivity contribution is 6.32. The Kier molecular flexibility index (Phi) is 6.66. The molecule has 28 heavy (non-hydrogen) atoms. The lowest BCUT2D eigenvalue weighted by Gasteiger charge is -2.07. The van der Waals surface area contributed by atoms with Crippen LogP contribution in [0.5, 0.6) is 5.75 Å². The molecular weight excluding hydrogens is 376 g/mol. The Morgan fingerprint density at radius 1 is 1.11 bits per heavy atom. The van der Waals surface area contributed by atoms with Gasteiger partial charge in [0.2, 0.25) is 5.82 Å². The van der Waals surface area contributed by atoms with Gasteiger partial charge in [-0.25, -0.2) is 9.67 Å². The summed E-state index contributed by atoms with van der Waals surface area (Å²) < 4.78 is 7.25. The summed E-state index contributed by atoms with van der Waals surface area (Å²) in [6.07, 6.45) is 1.65. The summed E-state index contributed by atoms with van der Waals surface area (Å²) in [5, 5.41) is 7.68. The molecule has 2 aromatic carbocycles. The van der Waals surface area contributed by atoms with E-state index in [9.17, 15) is 4.79 Å². The quantitative estimate of drug-likeness (QED) is 0.579. The molecule has 0 fully saturated rings. The van der Waals surface area contributed by atoms with Gasteiger partial charge in [-0.1, -0.05) is 41.4 Å². The molecule has 7 heteroatoms. The van der Waals surface area contributed by atoms with Gasteiger partial charge < -0.3 is 10.1 Å². The first-order valence-corrected chi connectivity index (χ1v) is 9.58. The van der Waals surface area contributed by atoms with Crippen molar-refractivity contribution < 1.29 is 9.53 Å². The molecule has 0 aliphatic carbocycles. The molecule has 1 N–H and O–H groups in total. The maximum absolute atomic E-state index is 12.3. The van der Waals surface area contributed by atoms with Crippen LogP contribution in [0.1, 0.15) is 34.8 Å². The van der Waals surface area contributed by atoms with E-state index in [1.165, 1.54) is 5.56 Å². The summed E-state index contributed by atoms with van der Waals surface area (Å²) in [5.74, 6) is 1.30. The van der Waals surface area contributed by atoms with Crippen molar-refractivity contribution in [3.63, 3.8) is 0 Å². The number of aromatic nitrogens is 3. The van der Waals surface area contributed by atoms with E-state index in [4.69, 9.17) is 16.3 Å². The molecule has 146 valence electrons. The van der Waals surface area contributed by atoms with E-state index < -0.39 is 0 Å². The number of halogens is 1. The fourth-order valence-electron chi connectivity index (χ4n) is 2.67. The van der Waals surface area contributed by atoms with E-state index in [0.717, 1.165) is 18.6 Å². The Hall–Kier alpha value is -2.86. The number of hydrogen-bond acceptors (Lipinski definition) is 4. The molecule has 0 atom stereocenters. The molecule has 3 aromatic rings. The first-order valence-electron chi connectivity index (χ1n) is 9.21. The van der Waals surface area contributed by atoms with Crippen molar-refractivity contribution in [3.8, 4) is 11.4 Å². The molecule has 0 unspecified atom stereocenters. The molecule has 0 saturated heterocycles. The number of nitrogens with zero attached hydrogens (tertiary/aromatic N) is 3. The minimum absolute atomic E-state index is 0.133. The number of amides is 1. The second-order valence-electron chi connectivity index (χ2n) is 6.47. The van der Waals surface area contributed by atoms with E-state index in [1.807, 2.05) is 49.4 Å². The summed E-state index contributed by atoms with van der Waals surface area (Å²) in [7, 11) is 0. The third-order valence-electron chi connectivity index (χ3n) is 4.20. The van der Waals surface area contributed by atoms with E-state index in [2.05, 4.69) is 15.4 Å². The summed E-state index contributed by atoms with van der Waals surface area (Å²) in [6.45, 7) is 4.98. The Balaban J connectivity index is 1.45. The van der Waals surface area contributed by atoms with Crippen molar-refractivity contribution in [2.45, 2.75) is 26.7 Å². The zero-order chi connectivity index (χ0) is 19.9. The van der Waals surface area contributed by atoms with Gasteiger partial charge in [-0.15, -0.1) is 5.10 Å². The molecule has 1 amide bonds. The van der Waals surface area contributed by atoms with Gasteiger partial charge in [-0.05, 0) is 51.0 Å². The lowest BCUT2D eigenvalue weighted by molar-refractivity contribution is 0.0942. The predicted molar refractivity (Wildman–Crippen MR) is 109 cm³/mol. The summed E-state index contributed by atoms with van der Waals surface area (Å²) in [4.78, 5) is 16.5. The number of ether oxygens (including phenoxy) is 1. The molecule has 1 aromatic heterocycles. The fourth-order valence-corrected chi connectivity index (χ4v) is 2.89. The van der Waals surface area contributed by atoms with Crippen molar-refractivity contribution >= 4 is 17.5 Å². The summed E-state index contributed by atoms with van der Waals surface area (Å²) in [5.41, 5.74) is 1.90. The Morgan fingerprint density at radius 2 is 1.86 bits per heavy atom. The van der Waals surface area contributed by atoms with Crippen LogP contribution in [-0.2, 0) is 0 Å². The van der Waals surface area contributed by atoms with Crippen LogP contribution in [0.3, 0.4) is 0 Å². The third-order valence-corrected chi connectivity index (χ3v) is 4.52. The van der Waals surface area contributed by atoms with Crippen LogP contribution in [0.15, 0.2) is 48.5 Å². The largest absolute Gasteiger partial charge is 0.494 e. The summed E-state index contributed by atoms with van der Waals surface area (Å²) in [6, 6.07) is 15.3. The van der Waals surface area contributed by atoms with Gasteiger partial charge in [-0.3, -0.25) is 4.79 Å². The smallest absolute Gasteiger partial charge is 0.290 e. The summed E-state index contributed by atoms with van der Waals surface area (Å²) >= 11 is 6.20. The lowest BCUT2D eigenvalue weighted by Crippen LogP contribution is -2.26. The van der Waals surface area contributed by atoms with Gasteiger partial charge in [0.15, 0.2) is 0 Å². The van der Waals surface area contributed by atoms with Gasteiger partial charge in [0.25, 0.3) is 5.91 Å². The Labute approximate surface area is 169 Å². The number of rotatable bonds is 8. The standard InChI is InChI=1S/C21H23ClN4O2/c1-15-9-11-17(12-10-15)28-14-6-5-13-23-21(27)20-24-16(2)26(25-20)19-8-4-3-7-18(19)22/h3-4,7-12H,5-6,13-14H2,1-2H3,(H,23,27). The topological polar surface area (TPSA) is 69.0 Å². The van der Waals surface area contributed by atoms with Crippen molar-refractivity contribution in [2.24, 2.45) is 0 Å². The molecule has 0 aliphatic heterocycles. The molecule has 0 radical (unpaired) electrons. The highest BCUT2D eigenvalue weighted by atomic mass is 35.5. The van der Waals surface area contributed by atoms with E-state index in [-0.39, 0.29) is 11.7 Å². The second-order valence-corrected chi connectivity index (χ2v) is 6.88. The van der Waals surface area contributed by atoms with Gasteiger partial charge >= 0.3 is 0 Å². The number of carbonyl (C=O) groups is 1. The van der Waals surface area contributed by atoms with Crippen LogP contribution in [0, 0.1) is 13.8 Å². The molecule has 0 spiro atoms. The van der Waals surface area contributed by atoms with E-state index in [0.29, 0.717) is 29.7 Å². The molecule has 1 heterocycles. The van der Waals surface area contributed by atoms with Crippen LogP contribution < -0.4 is 10.1 Å². The molecular formula is C21H23ClN4O2. The first-order chi connectivity index (χ1) is 13.5. The molecule has 6 nitrogen and oxygen atoms in total. The number of hydrogen-bond donors (Lipinski definition) is 1. The molecule has 0 aliphatic rings. The highest BCUT2D eigenvalue weighted by Crippen LogP contribution is 2.20. The minimum atomic E-state index is -0.298. The molecule has 0 bridgehead atoms. The van der Waals surface area contributed by atoms with Gasteiger partial charge in [0.05, 0.1) is 17.3 Å². The maximum Gasteiger partial charge on any atom is 0.290 e. The number of benzene rings is 2. The van der Waals surface area contributed by atoms with Crippen molar-refractivity contribution in [2.75, 3.05) is 13.2 Å². The molecule has 0 saturated carbocycles. The zero-order valence-corrected chi connectivity index (χ0v) is 16.7. The van der Waals surface area contributed by atoms with Crippen LogP contribution in [0.25, 0.3) is 5.69 Å². The highest BCUT2D eigenvalue weighted by Gasteiger charge is 2.15. The minimum Gasteiger partial charge on any atom is -0.494 e. The normalized spacial score (nSPS) is 10.7. The zero-order valence-electron chi connectivity index (χ0n) is 16.0. The number of aryl methyl sites for hydroxylation is 2. The van der Waals surface area contributed by atoms with Crippen LogP contribution in [0.4, 0.5) is 0 Å². The van der Waals surface area contributed by atoms with Crippen LogP contribution >= 0.6 is 11.6 Å². The van der Waals surface area contributed by atoms with Gasteiger partial charge in [-0.2, -0.15) is 0 Å². The van der Waals surface area contributed by atoms with Crippen LogP contribution in [0.2, 0.25) is 5.02 Å². The predicted octanol–water partition coefficient (Wildman–Crippen LogP) is 4.13. The number of nitrogens with one attached hydrogen (secondary N) is 1. The maximum atomic E-state index is 12.3. The monoisotopic (exact) mass is 398 g/mol. The molecule has 3 rings (SSSR count). The number of para-hydroxylation sites is 1. The van der Waals surface area contributed by atoms with Crippen LogP contribution in [-0.4, -0.2) is 33.8 Å². The number of carbonyl (C=O) groups excluding carboxylic acids is 1. The fraction of sp³-hybridized carbons (Fsp3) is 0.286.